The van der Waals surface area contributed by atoms with Crippen molar-refractivity contribution in [2.75, 3.05) is 0 Å². The summed E-state index contributed by atoms with van der Waals surface area (Å²) in [5.41, 5.74) is 2.54. The number of carbonyl (C=O) groups excluding carboxylic acids is 1. The molecule has 3 rings (SSSR count). The summed E-state index contributed by atoms with van der Waals surface area (Å²) in [6.45, 7) is 6.23. The molecule has 1 atom stereocenters. The van der Waals surface area contributed by atoms with Crippen molar-refractivity contribution >= 4 is 15.9 Å². The monoisotopic (exact) mass is 374 g/mol. The van der Waals surface area contributed by atoms with Crippen LogP contribution in [-0.4, -0.2) is 35.2 Å². The zero-order valence-corrected chi connectivity index (χ0v) is 15.8. The number of rotatable bonds is 5. The van der Waals surface area contributed by atoms with Gasteiger partial charge in [-0.2, -0.15) is 4.72 Å². The summed E-state index contributed by atoms with van der Waals surface area (Å²) < 4.78 is 28.0. The number of amides is 1. The van der Waals surface area contributed by atoms with Crippen LogP contribution in [0.2, 0.25) is 0 Å². The first-order valence-electron chi connectivity index (χ1n) is 8.43. The topological polar surface area (TPSA) is 92.3 Å². The molecule has 1 aromatic heterocycles. The second kappa shape index (κ2) is 7.13. The molecule has 2 heterocycles. The molecule has 0 saturated heterocycles. The van der Waals surface area contributed by atoms with E-state index in [1.807, 2.05) is 26.8 Å². The fourth-order valence-corrected chi connectivity index (χ4v) is 4.38. The predicted octanol–water partition coefficient (Wildman–Crippen LogP) is 1.63. The van der Waals surface area contributed by atoms with Crippen LogP contribution in [0.1, 0.15) is 30.7 Å². The van der Waals surface area contributed by atoms with Gasteiger partial charge in [0.1, 0.15) is 12.4 Å². The molecule has 1 N–H and O–H groups in total. The number of benzene rings is 1. The first kappa shape index (κ1) is 18.5. The Kier molecular flexibility index (Phi) is 5.06. The fraction of sp³-hybridized carbons (Fsp3) is 0.389. The van der Waals surface area contributed by atoms with E-state index in [2.05, 4.69) is 14.7 Å². The van der Waals surface area contributed by atoms with Crippen LogP contribution in [0.4, 0.5) is 0 Å². The number of nitrogens with one attached hydrogen (secondary N) is 1. The van der Waals surface area contributed by atoms with Crippen LogP contribution in [0.25, 0.3) is 0 Å². The molecule has 1 amide bonds. The highest BCUT2D eigenvalue weighted by atomic mass is 32.2. The van der Waals surface area contributed by atoms with Gasteiger partial charge >= 0.3 is 0 Å². The van der Waals surface area contributed by atoms with E-state index in [4.69, 9.17) is 0 Å². The predicted molar refractivity (Wildman–Crippen MR) is 96.4 cm³/mol. The highest BCUT2D eigenvalue weighted by Crippen LogP contribution is 2.22. The van der Waals surface area contributed by atoms with E-state index >= 15 is 0 Å². The van der Waals surface area contributed by atoms with Gasteiger partial charge in [-0.3, -0.25) is 4.79 Å². The van der Waals surface area contributed by atoms with Crippen LogP contribution in [0.3, 0.4) is 0 Å². The molecular weight excluding hydrogens is 352 g/mol. The normalized spacial score (nSPS) is 15.2. The van der Waals surface area contributed by atoms with Crippen LogP contribution < -0.4 is 4.72 Å². The number of hydrogen-bond donors (Lipinski definition) is 1. The molecule has 0 radical (unpaired) electrons. The number of hydrogen-bond acceptors (Lipinski definition) is 5. The summed E-state index contributed by atoms with van der Waals surface area (Å²) in [6, 6.07) is 5.78. The third-order valence-corrected chi connectivity index (χ3v) is 5.85. The van der Waals surface area contributed by atoms with Gasteiger partial charge < -0.3 is 4.90 Å². The molecule has 0 bridgehead atoms. The fourth-order valence-electron chi connectivity index (χ4n) is 2.94. The molecule has 8 heteroatoms. The first-order valence-corrected chi connectivity index (χ1v) is 9.92. The van der Waals surface area contributed by atoms with Gasteiger partial charge in [-0.1, -0.05) is 26.0 Å². The Morgan fingerprint density at radius 3 is 2.69 bits per heavy atom. The first-order chi connectivity index (χ1) is 12.3. The molecule has 138 valence electrons. The minimum Gasteiger partial charge on any atom is -0.331 e. The van der Waals surface area contributed by atoms with Crippen LogP contribution >= 0.6 is 0 Å². The van der Waals surface area contributed by atoms with E-state index in [1.165, 1.54) is 12.4 Å². The van der Waals surface area contributed by atoms with Gasteiger partial charge in [0.05, 0.1) is 17.1 Å². The highest BCUT2D eigenvalue weighted by Gasteiger charge is 2.34. The van der Waals surface area contributed by atoms with Crippen molar-refractivity contribution in [1.29, 1.82) is 0 Å². The number of aryl methyl sites for hydroxylation is 1. The zero-order chi connectivity index (χ0) is 18.9. The van der Waals surface area contributed by atoms with Crippen molar-refractivity contribution in [3.8, 4) is 0 Å². The standard InChI is InChI=1S/C18H22N4O3S/c1-12(2)17(21-26(24,25)15-6-4-5-13(3)7-15)18(23)22-9-14-8-19-11-20-16(14)10-22/h4-8,11-12,17,21H,9-10H2,1-3H3. The van der Waals surface area contributed by atoms with Crippen LogP contribution in [0, 0.1) is 12.8 Å². The summed E-state index contributed by atoms with van der Waals surface area (Å²) >= 11 is 0. The summed E-state index contributed by atoms with van der Waals surface area (Å²) in [5.74, 6) is -0.453. The van der Waals surface area contributed by atoms with E-state index in [1.54, 1.807) is 23.2 Å². The van der Waals surface area contributed by atoms with Crippen molar-refractivity contribution in [3.05, 3.63) is 53.6 Å². The number of fused-ring (bicyclic) bond motifs is 1. The quantitative estimate of drug-likeness (QED) is 0.859. The molecule has 0 saturated carbocycles. The molecule has 2 aromatic rings. The minimum absolute atomic E-state index is 0.159. The number of nitrogens with zero attached hydrogens (tertiary/aromatic N) is 3. The van der Waals surface area contributed by atoms with E-state index < -0.39 is 16.1 Å². The Bertz CT molecular complexity index is 903. The molecule has 0 aliphatic carbocycles. The van der Waals surface area contributed by atoms with Crippen molar-refractivity contribution in [2.45, 2.75) is 44.8 Å². The van der Waals surface area contributed by atoms with Gasteiger partial charge in [-0.15, -0.1) is 0 Å². The number of sulfonamides is 1. The van der Waals surface area contributed by atoms with E-state index in [-0.39, 0.29) is 16.7 Å². The summed E-state index contributed by atoms with van der Waals surface area (Å²) in [6.07, 6.45) is 3.14. The van der Waals surface area contributed by atoms with E-state index in [9.17, 15) is 13.2 Å². The highest BCUT2D eigenvalue weighted by molar-refractivity contribution is 7.89. The van der Waals surface area contributed by atoms with Gasteiger partial charge in [0, 0.05) is 18.3 Å². The maximum Gasteiger partial charge on any atom is 0.241 e. The average Bonchev–Trinajstić information content (AvgIpc) is 3.03. The molecule has 26 heavy (non-hydrogen) atoms. The Hall–Kier alpha value is -2.32. The SMILES string of the molecule is Cc1cccc(S(=O)(=O)NC(C(=O)N2Cc3cncnc3C2)C(C)C)c1. The minimum atomic E-state index is -3.79. The van der Waals surface area contributed by atoms with Crippen LogP contribution in [-0.2, 0) is 27.9 Å². The third kappa shape index (κ3) is 3.76. The van der Waals surface area contributed by atoms with Crippen molar-refractivity contribution in [1.82, 2.24) is 19.6 Å². The zero-order valence-electron chi connectivity index (χ0n) is 15.0. The van der Waals surface area contributed by atoms with Gasteiger partial charge in [-0.05, 0) is 30.5 Å². The second-order valence-electron chi connectivity index (χ2n) is 6.85. The molecule has 1 aliphatic heterocycles. The lowest BCUT2D eigenvalue weighted by Crippen LogP contribution is -2.49. The largest absolute Gasteiger partial charge is 0.331 e. The Labute approximate surface area is 153 Å². The molecule has 1 unspecified atom stereocenters. The summed E-state index contributed by atoms with van der Waals surface area (Å²) in [5, 5.41) is 0. The van der Waals surface area contributed by atoms with Crippen LogP contribution in [0.5, 0.6) is 0 Å². The molecular formula is C18H22N4O3S. The lowest BCUT2D eigenvalue weighted by atomic mass is 10.0. The van der Waals surface area contributed by atoms with Crippen molar-refractivity contribution in [2.24, 2.45) is 5.92 Å². The van der Waals surface area contributed by atoms with Gasteiger partial charge in [-0.25, -0.2) is 18.4 Å². The molecule has 0 spiro atoms. The average molecular weight is 374 g/mol. The summed E-state index contributed by atoms with van der Waals surface area (Å²) in [4.78, 5) is 22.9. The van der Waals surface area contributed by atoms with E-state index in [0.717, 1.165) is 16.8 Å². The summed E-state index contributed by atoms with van der Waals surface area (Å²) in [7, 11) is -3.79. The van der Waals surface area contributed by atoms with E-state index in [0.29, 0.717) is 13.1 Å². The Balaban J connectivity index is 1.81. The molecule has 1 aromatic carbocycles. The smallest absolute Gasteiger partial charge is 0.241 e. The lowest BCUT2D eigenvalue weighted by molar-refractivity contribution is -0.134. The molecule has 0 fully saturated rings. The number of aromatic nitrogens is 2. The second-order valence-corrected chi connectivity index (χ2v) is 8.56. The third-order valence-electron chi connectivity index (χ3n) is 4.41. The molecule has 7 nitrogen and oxygen atoms in total. The van der Waals surface area contributed by atoms with Crippen molar-refractivity contribution < 1.29 is 13.2 Å². The maximum atomic E-state index is 13.0. The Morgan fingerprint density at radius 2 is 2.04 bits per heavy atom. The van der Waals surface area contributed by atoms with Gasteiger partial charge in [0.2, 0.25) is 15.9 Å². The van der Waals surface area contributed by atoms with Gasteiger partial charge in [0.25, 0.3) is 0 Å². The Morgan fingerprint density at radius 1 is 1.27 bits per heavy atom. The number of carbonyl (C=O) groups is 1. The van der Waals surface area contributed by atoms with Gasteiger partial charge in [0.15, 0.2) is 0 Å². The maximum absolute atomic E-state index is 13.0. The van der Waals surface area contributed by atoms with Crippen LogP contribution in [0.15, 0.2) is 41.7 Å². The van der Waals surface area contributed by atoms with Crippen molar-refractivity contribution in [3.63, 3.8) is 0 Å². The lowest BCUT2D eigenvalue weighted by Gasteiger charge is -2.26. The molecule has 1 aliphatic rings.